The van der Waals surface area contributed by atoms with Crippen LogP contribution in [-0.4, -0.2) is 22.4 Å². The molecule has 1 heterocycles. The van der Waals surface area contributed by atoms with E-state index in [1.165, 1.54) is 6.92 Å². The summed E-state index contributed by atoms with van der Waals surface area (Å²) in [4.78, 5) is 23.6. The zero-order valence-corrected chi connectivity index (χ0v) is 7.88. The molecule has 0 amide bonds. The first-order chi connectivity index (χ1) is 7.20. The van der Waals surface area contributed by atoms with E-state index in [0.29, 0.717) is 6.07 Å². The van der Waals surface area contributed by atoms with Gasteiger partial charge in [0.1, 0.15) is 0 Å². The number of aromatic carboxylic acids is 1. The highest BCUT2D eigenvalue weighted by atomic mass is 19.4. The highest BCUT2D eigenvalue weighted by molar-refractivity contribution is 5.89. The van der Waals surface area contributed by atoms with Crippen molar-refractivity contribution in [2.75, 3.05) is 0 Å². The van der Waals surface area contributed by atoms with Crippen molar-refractivity contribution in [2.45, 2.75) is 13.3 Å². The van der Waals surface area contributed by atoms with Gasteiger partial charge in [0.2, 0.25) is 0 Å². The number of aryl methyl sites for hydroxylation is 1. The number of aromatic amines is 1. The number of carbonyl (C=O) groups is 1. The number of nitrogens with one attached hydrogen (secondary N) is 1. The quantitative estimate of drug-likeness (QED) is 0.811. The van der Waals surface area contributed by atoms with Crippen molar-refractivity contribution in [3.05, 3.63) is 27.7 Å². The Kier molecular flexibility index (Phi) is 2.92. The van der Waals surface area contributed by atoms with Gasteiger partial charge in [0.15, 0.2) is 5.75 Å². The van der Waals surface area contributed by atoms with Crippen LogP contribution in [0.25, 0.3) is 0 Å². The highest BCUT2D eigenvalue weighted by Gasteiger charge is 2.32. The first kappa shape index (κ1) is 12.1. The molecule has 1 rings (SSSR count). The Bertz CT molecular complexity index is 477. The van der Waals surface area contributed by atoms with Crippen LogP contribution in [0.15, 0.2) is 10.9 Å². The molecule has 2 N–H and O–H groups in total. The Hall–Kier alpha value is -1.99. The van der Waals surface area contributed by atoms with Crippen molar-refractivity contribution in [1.29, 1.82) is 0 Å². The van der Waals surface area contributed by atoms with E-state index in [-0.39, 0.29) is 5.69 Å². The second-order valence-electron chi connectivity index (χ2n) is 2.85. The predicted octanol–water partition coefficient (Wildman–Crippen LogP) is 1.28. The molecule has 0 spiro atoms. The van der Waals surface area contributed by atoms with Crippen LogP contribution in [0, 0.1) is 6.92 Å². The lowest BCUT2D eigenvalue weighted by atomic mass is 10.2. The Balaban J connectivity index is 3.26. The molecule has 0 bridgehead atoms. The molecule has 0 saturated heterocycles. The molecule has 88 valence electrons. The Morgan fingerprint density at radius 1 is 1.50 bits per heavy atom. The predicted molar refractivity (Wildman–Crippen MR) is 45.4 cm³/mol. The van der Waals surface area contributed by atoms with Crippen LogP contribution >= 0.6 is 0 Å². The zero-order valence-electron chi connectivity index (χ0n) is 7.88. The lowest BCUT2D eigenvalue weighted by molar-refractivity contribution is -0.275. The topological polar surface area (TPSA) is 79.4 Å². The van der Waals surface area contributed by atoms with E-state index in [2.05, 4.69) is 4.74 Å². The molecule has 0 fully saturated rings. The molecule has 0 atom stereocenters. The number of hydrogen-bond acceptors (Lipinski definition) is 3. The molecule has 0 unspecified atom stereocenters. The minimum Gasteiger partial charge on any atom is -0.478 e. The number of aromatic nitrogens is 1. The zero-order chi connectivity index (χ0) is 12.5. The molecular weight excluding hydrogens is 231 g/mol. The number of halogens is 3. The largest absolute Gasteiger partial charge is 0.573 e. The smallest absolute Gasteiger partial charge is 0.478 e. The van der Waals surface area contributed by atoms with Gasteiger partial charge in [-0.05, 0) is 6.92 Å². The minimum absolute atomic E-state index is 0.0491. The molecule has 0 aliphatic heterocycles. The molecule has 0 aromatic carbocycles. The average Bonchev–Trinajstić information content (AvgIpc) is 2.07. The van der Waals surface area contributed by atoms with Gasteiger partial charge in [-0.2, -0.15) is 0 Å². The fourth-order valence-electron chi connectivity index (χ4n) is 1.03. The first-order valence-corrected chi connectivity index (χ1v) is 3.93. The summed E-state index contributed by atoms with van der Waals surface area (Å²) in [6.07, 6.45) is -5.04. The van der Waals surface area contributed by atoms with E-state index in [0.717, 1.165) is 0 Å². The molecule has 16 heavy (non-hydrogen) atoms. The lowest BCUT2D eigenvalue weighted by Gasteiger charge is -2.09. The van der Waals surface area contributed by atoms with Gasteiger partial charge in [-0.1, -0.05) is 0 Å². The Morgan fingerprint density at radius 3 is 2.50 bits per heavy atom. The third kappa shape index (κ3) is 2.75. The second kappa shape index (κ2) is 3.87. The summed E-state index contributed by atoms with van der Waals surface area (Å²) in [6, 6.07) is 0.532. The van der Waals surface area contributed by atoms with Gasteiger partial charge >= 0.3 is 12.3 Å². The first-order valence-electron chi connectivity index (χ1n) is 3.93. The van der Waals surface area contributed by atoms with Crippen LogP contribution in [0.5, 0.6) is 5.75 Å². The summed E-state index contributed by atoms with van der Waals surface area (Å²) in [5.41, 5.74) is -1.65. The third-order valence-electron chi connectivity index (χ3n) is 1.66. The van der Waals surface area contributed by atoms with Gasteiger partial charge < -0.3 is 14.8 Å². The summed E-state index contributed by atoms with van der Waals surface area (Å²) < 4.78 is 38.9. The van der Waals surface area contributed by atoms with Gasteiger partial charge in [-0.25, -0.2) is 4.79 Å². The molecule has 1 aromatic heterocycles. The fourth-order valence-corrected chi connectivity index (χ4v) is 1.03. The van der Waals surface area contributed by atoms with Crippen molar-refractivity contribution < 1.29 is 27.8 Å². The third-order valence-corrected chi connectivity index (χ3v) is 1.66. The number of alkyl halides is 3. The second-order valence-corrected chi connectivity index (χ2v) is 2.85. The van der Waals surface area contributed by atoms with Gasteiger partial charge in [-0.15, -0.1) is 13.2 Å². The highest BCUT2D eigenvalue weighted by Crippen LogP contribution is 2.20. The summed E-state index contributed by atoms with van der Waals surface area (Å²) in [5, 5.41) is 8.62. The number of rotatable bonds is 2. The van der Waals surface area contributed by atoms with Gasteiger partial charge in [0, 0.05) is 11.8 Å². The van der Waals surface area contributed by atoms with Crippen LogP contribution in [0.4, 0.5) is 13.2 Å². The van der Waals surface area contributed by atoms with Crippen molar-refractivity contribution in [1.82, 2.24) is 4.98 Å². The van der Waals surface area contributed by atoms with Crippen molar-refractivity contribution in [3.63, 3.8) is 0 Å². The number of carboxylic acid groups (broad SMARTS) is 1. The molecule has 0 saturated carbocycles. The normalized spacial score (nSPS) is 11.2. The standard InChI is InChI=1S/C8H6F3NO4/c1-3-4(7(14)15)2-5(6(13)12-3)16-8(9,10)11/h2H,1H3,(H,12,13)(H,14,15). The fraction of sp³-hybridized carbons (Fsp3) is 0.250. The lowest BCUT2D eigenvalue weighted by Crippen LogP contribution is -2.24. The Morgan fingerprint density at radius 2 is 2.06 bits per heavy atom. The molecule has 1 aromatic rings. The van der Waals surface area contributed by atoms with Crippen LogP contribution in [0.1, 0.15) is 16.1 Å². The van der Waals surface area contributed by atoms with Crippen molar-refractivity contribution in [2.24, 2.45) is 0 Å². The summed E-state index contributed by atoms with van der Waals surface area (Å²) >= 11 is 0. The number of ether oxygens (including phenoxy) is 1. The van der Waals surface area contributed by atoms with Crippen LogP contribution in [0.3, 0.4) is 0 Å². The number of pyridine rings is 1. The molecule has 0 radical (unpaired) electrons. The monoisotopic (exact) mass is 237 g/mol. The van der Waals surface area contributed by atoms with Crippen LogP contribution < -0.4 is 10.3 Å². The maximum Gasteiger partial charge on any atom is 0.573 e. The van der Waals surface area contributed by atoms with Crippen LogP contribution in [0.2, 0.25) is 0 Å². The molecule has 0 aliphatic rings. The van der Waals surface area contributed by atoms with Gasteiger partial charge in [-0.3, -0.25) is 4.79 Å². The maximum atomic E-state index is 11.8. The number of hydrogen-bond donors (Lipinski definition) is 2. The van der Waals surface area contributed by atoms with E-state index in [4.69, 9.17) is 5.11 Å². The van der Waals surface area contributed by atoms with E-state index in [1.54, 1.807) is 0 Å². The molecular formula is C8H6F3NO4. The molecule has 5 nitrogen and oxygen atoms in total. The van der Waals surface area contributed by atoms with Gasteiger partial charge in [0.05, 0.1) is 5.56 Å². The van der Waals surface area contributed by atoms with E-state index < -0.39 is 29.2 Å². The van der Waals surface area contributed by atoms with Gasteiger partial charge in [0.25, 0.3) is 5.56 Å². The Labute approximate surface area is 86.5 Å². The minimum atomic E-state index is -5.04. The molecule has 8 heteroatoms. The van der Waals surface area contributed by atoms with Crippen LogP contribution in [-0.2, 0) is 0 Å². The average molecular weight is 237 g/mol. The van der Waals surface area contributed by atoms with E-state index >= 15 is 0 Å². The van der Waals surface area contributed by atoms with E-state index in [9.17, 15) is 22.8 Å². The number of carboxylic acids is 1. The molecule has 0 aliphatic carbocycles. The summed E-state index contributed by atoms with van der Waals surface area (Å²) in [5.74, 6) is -2.56. The van der Waals surface area contributed by atoms with Crippen molar-refractivity contribution >= 4 is 5.97 Å². The number of H-pyrrole nitrogens is 1. The maximum absolute atomic E-state index is 11.8. The SMILES string of the molecule is Cc1[nH]c(=O)c(OC(F)(F)F)cc1C(=O)O. The van der Waals surface area contributed by atoms with E-state index in [1.807, 2.05) is 4.98 Å². The summed E-state index contributed by atoms with van der Waals surface area (Å²) in [7, 11) is 0. The van der Waals surface area contributed by atoms with Crippen molar-refractivity contribution in [3.8, 4) is 5.75 Å². The summed E-state index contributed by atoms with van der Waals surface area (Å²) in [6.45, 7) is 1.25.